The molecule has 1 N–H and O–H groups in total. The average Bonchev–Trinajstić information content (AvgIpc) is 3.02. The lowest BCUT2D eigenvalue weighted by Gasteiger charge is -2.34. The van der Waals surface area contributed by atoms with E-state index in [0.29, 0.717) is 0 Å². The van der Waals surface area contributed by atoms with Crippen LogP contribution >= 0.6 is 0 Å². The molecule has 0 saturated heterocycles. The molecule has 218 valence electrons. The van der Waals surface area contributed by atoms with Crippen molar-refractivity contribution in [1.82, 2.24) is 10.2 Å². The highest BCUT2D eigenvalue weighted by molar-refractivity contribution is 7.92. The van der Waals surface area contributed by atoms with Gasteiger partial charge in [-0.15, -0.1) is 0 Å². The molecule has 0 heterocycles. The van der Waals surface area contributed by atoms with Gasteiger partial charge in [-0.25, -0.2) is 12.8 Å². The van der Waals surface area contributed by atoms with Gasteiger partial charge in [0.15, 0.2) is 0 Å². The van der Waals surface area contributed by atoms with Gasteiger partial charge in [0.1, 0.15) is 24.2 Å². The van der Waals surface area contributed by atoms with E-state index < -0.39 is 40.2 Å². The van der Waals surface area contributed by atoms with Crippen LogP contribution in [0.2, 0.25) is 0 Å². The molecule has 4 aromatic rings. The highest BCUT2D eigenvalue weighted by atomic mass is 32.2. The topological polar surface area (TPSA) is 96.0 Å². The van der Waals surface area contributed by atoms with Crippen LogP contribution in [-0.2, 0) is 32.6 Å². The number of halogens is 1. The van der Waals surface area contributed by atoms with Gasteiger partial charge in [-0.05, 0) is 35.9 Å². The van der Waals surface area contributed by atoms with Crippen LogP contribution in [0.5, 0.6) is 5.75 Å². The highest BCUT2D eigenvalue weighted by Gasteiger charge is 2.35. The van der Waals surface area contributed by atoms with Crippen molar-refractivity contribution in [2.75, 3.05) is 25.0 Å². The summed E-state index contributed by atoms with van der Waals surface area (Å²) in [5.41, 5.74) is 1.10. The van der Waals surface area contributed by atoms with Gasteiger partial charge in [0, 0.05) is 25.6 Å². The zero-order chi connectivity index (χ0) is 30.1. The number of anilines is 1. The molecule has 0 bridgehead atoms. The lowest BCUT2D eigenvalue weighted by molar-refractivity contribution is -0.139. The number of rotatable bonds is 12. The van der Waals surface area contributed by atoms with E-state index in [2.05, 4.69) is 5.32 Å². The number of nitrogens with one attached hydrogen (secondary N) is 1. The summed E-state index contributed by atoms with van der Waals surface area (Å²) in [5.74, 6) is -1.49. The molecule has 0 saturated carbocycles. The summed E-state index contributed by atoms with van der Waals surface area (Å²) < 4.78 is 49.2. The van der Waals surface area contributed by atoms with E-state index in [0.717, 1.165) is 9.87 Å². The van der Waals surface area contributed by atoms with Gasteiger partial charge in [0.05, 0.1) is 17.7 Å². The van der Waals surface area contributed by atoms with Gasteiger partial charge >= 0.3 is 0 Å². The second kappa shape index (κ2) is 13.8. The van der Waals surface area contributed by atoms with Gasteiger partial charge in [-0.3, -0.25) is 13.9 Å². The number of sulfonamides is 1. The van der Waals surface area contributed by atoms with Crippen LogP contribution in [0.1, 0.15) is 11.1 Å². The predicted molar refractivity (Wildman–Crippen MR) is 159 cm³/mol. The van der Waals surface area contributed by atoms with Crippen LogP contribution in [0.25, 0.3) is 0 Å². The van der Waals surface area contributed by atoms with Crippen LogP contribution in [0.4, 0.5) is 10.1 Å². The van der Waals surface area contributed by atoms with Gasteiger partial charge < -0.3 is 15.0 Å². The number of para-hydroxylation sites is 2. The minimum Gasteiger partial charge on any atom is -0.495 e. The molecular formula is C32H32FN3O5S. The Balaban J connectivity index is 1.82. The molecule has 0 aromatic heterocycles. The Labute approximate surface area is 245 Å². The van der Waals surface area contributed by atoms with E-state index in [1.165, 1.54) is 55.5 Å². The molecule has 0 aliphatic rings. The van der Waals surface area contributed by atoms with Crippen molar-refractivity contribution in [2.24, 2.45) is 0 Å². The normalized spacial score (nSPS) is 11.8. The molecule has 4 rings (SSSR count). The van der Waals surface area contributed by atoms with E-state index in [1.807, 2.05) is 30.3 Å². The summed E-state index contributed by atoms with van der Waals surface area (Å²) >= 11 is 0. The monoisotopic (exact) mass is 589 g/mol. The number of methoxy groups -OCH3 is 1. The van der Waals surface area contributed by atoms with Crippen LogP contribution in [0.3, 0.4) is 0 Å². The quantitative estimate of drug-likeness (QED) is 0.264. The number of carbonyl (C=O) groups is 2. The van der Waals surface area contributed by atoms with Crippen molar-refractivity contribution < 1.29 is 27.1 Å². The predicted octanol–water partition coefficient (Wildman–Crippen LogP) is 4.42. The summed E-state index contributed by atoms with van der Waals surface area (Å²) in [6.07, 6.45) is 0.126. The van der Waals surface area contributed by atoms with Gasteiger partial charge in [0.2, 0.25) is 11.8 Å². The van der Waals surface area contributed by atoms with Crippen LogP contribution in [0, 0.1) is 5.82 Å². The minimum absolute atomic E-state index is 0.0310. The highest BCUT2D eigenvalue weighted by Crippen LogP contribution is 2.32. The minimum atomic E-state index is -4.28. The number of hydrogen-bond donors (Lipinski definition) is 1. The number of likely N-dealkylation sites (N-methyl/N-ethyl adjacent to an activating group) is 1. The number of benzene rings is 4. The van der Waals surface area contributed by atoms with Crippen molar-refractivity contribution in [3.63, 3.8) is 0 Å². The summed E-state index contributed by atoms with van der Waals surface area (Å²) in [6, 6.07) is 28.2. The van der Waals surface area contributed by atoms with E-state index in [9.17, 15) is 22.4 Å². The molecule has 0 fully saturated rings. The first kappa shape index (κ1) is 30.3. The molecule has 42 heavy (non-hydrogen) atoms. The third kappa shape index (κ3) is 6.95. The van der Waals surface area contributed by atoms with Crippen LogP contribution in [0.15, 0.2) is 114 Å². The Bertz CT molecular complexity index is 1620. The Morgan fingerprint density at radius 3 is 2.10 bits per heavy atom. The summed E-state index contributed by atoms with van der Waals surface area (Å²) in [7, 11) is -1.42. The molecule has 0 aliphatic heterocycles. The Hall–Kier alpha value is -4.70. The summed E-state index contributed by atoms with van der Waals surface area (Å²) in [6.45, 7) is -0.935. The first-order valence-electron chi connectivity index (χ1n) is 13.3. The second-order valence-electron chi connectivity index (χ2n) is 9.43. The fraction of sp³-hybridized carbons (Fsp3) is 0.188. The van der Waals surface area contributed by atoms with E-state index >= 15 is 0 Å². The number of carbonyl (C=O) groups excluding carboxylic acids is 2. The lowest BCUT2D eigenvalue weighted by Crippen LogP contribution is -2.53. The maximum atomic E-state index is 14.9. The molecule has 0 radical (unpaired) electrons. The lowest BCUT2D eigenvalue weighted by atomic mass is 10.0. The first-order chi connectivity index (χ1) is 20.3. The van der Waals surface area contributed by atoms with E-state index in [4.69, 9.17) is 4.74 Å². The van der Waals surface area contributed by atoms with Crippen LogP contribution < -0.4 is 14.4 Å². The van der Waals surface area contributed by atoms with Gasteiger partial charge in [-0.2, -0.15) is 0 Å². The van der Waals surface area contributed by atoms with Gasteiger partial charge in [0.25, 0.3) is 10.0 Å². The first-order valence-corrected chi connectivity index (χ1v) is 14.7. The zero-order valence-electron chi connectivity index (χ0n) is 23.3. The molecule has 0 spiro atoms. The fourth-order valence-corrected chi connectivity index (χ4v) is 6.05. The Morgan fingerprint density at radius 2 is 1.45 bits per heavy atom. The Kier molecular flexibility index (Phi) is 9.93. The van der Waals surface area contributed by atoms with Crippen molar-refractivity contribution in [3.05, 3.63) is 126 Å². The fourth-order valence-electron chi connectivity index (χ4n) is 4.60. The third-order valence-electron chi connectivity index (χ3n) is 6.78. The molecule has 1 unspecified atom stereocenters. The van der Waals surface area contributed by atoms with Crippen molar-refractivity contribution in [1.29, 1.82) is 0 Å². The largest absolute Gasteiger partial charge is 0.495 e. The average molecular weight is 590 g/mol. The Morgan fingerprint density at radius 1 is 0.857 bits per heavy atom. The molecule has 2 amide bonds. The number of nitrogens with zero attached hydrogens (tertiary/aromatic N) is 2. The maximum absolute atomic E-state index is 14.9. The molecule has 0 aliphatic carbocycles. The third-order valence-corrected chi connectivity index (χ3v) is 8.55. The SMILES string of the molecule is CNC(=O)C(Cc1ccccc1)N(Cc1ccccc1F)C(=O)CN(c1ccccc1OC)S(=O)(=O)c1ccccc1. The second-order valence-corrected chi connectivity index (χ2v) is 11.3. The maximum Gasteiger partial charge on any atom is 0.264 e. The van der Waals surface area contributed by atoms with Crippen molar-refractivity contribution in [2.45, 2.75) is 23.9 Å². The van der Waals surface area contributed by atoms with Crippen LogP contribution in [-0.4, -0.2) is 51.9 Å². The molecule has 4 aromatic carbocycles. The van der Waals surface area contributed by atoms with Crippen molar-refractivity contribution >= 4 is 27.5 Å². The number of hydrogen-bond acceptors (Lipinski definition) is 5. The smallest absolute Gasteiger partial charge is 0.264 e. The summed E-state index contributed by atoms with van der Waals surface area (Å²) in [4.78, 5) is 28.7. The molecule has 8 nitrogen and oxygen atoms in total. The summed E-state index contributed by atoms with van der Waals surface area (Å²) in [5, 5.41) is 2.60. The zero-order valence-corrected chi connectivity index (χ0v) is 24.1. The van der Waals surface area contributed by atoms with Gasteiger partial charge in [-0.1, -0.05) is 78.9 Å². The standard InChI is InChI=1S/C32H32FN3O5S/c1-34-32(38)29(21-24-13-5-3-6-14-24)35(22-25-15-9-10-18-27(25)33)31(37)23-36(28-19-11-12-20-30(28)41-2)42(39,40)26-16-7-4-8-17-26/h3-20,29H,21-23H2,1-2H3,(H,34,38). The molecular weight excluding hydrogens is 557 g/mol. The van der Waals surface area contributed by atoms with Crippen molar-refractivity contribution in [3.8, 4) is 5.75 Å². The number of ether oxygens (including phenoxy) is 1. The number of amides is 2. The molecule has 10 heteroatoms. The van der Waals surface area contributed by atoms with E-state index in [-0.39, 0.29) is 34.9 Å². The molecule has 1 atom stereocenters. The van der Waals surface area contributed by atoms with E-state index in [1.54, 1.807) is 42.5 Å².